The van der Waals surface area contributed by atoms with Crippen LogP contribution in [0.15, 0.2) is 0 Å². The Bertz CT molecular complexity index is 244. The lowest BCUT2D eigenvalue weighted by Gasteiger charge is -2.17. The molecule has 1 saturated heterocycles. The third-order valence-corrected chi connectivity index (χ3v) is 3.05. The first-order valence-electron chi connectivity index (χ1n) is 5.29. The maximum Gasteiger partial charge on any atom is 0.414 e. The molecule has 4 heteroatoms. The molecule has 2 rings (SSSR count). The highest BCUT2D eigenvalue weighted by atomic mass is 16.6. The number of nitrogens with one attached hydrogen (secondary N) is 1. The number of hydrogen-bond donors (Lipinski definition) is 1. The molecule has 0 aromatic carbocycles. The zero-order chi connectivity index (χ0) is 9.97. The number of ether oxygens (including phenoxy) is 1. The van der Waals surface area contributed by atoms with Gasteiger partial charge in [0, 0.05) is 5.92 Å². The summed E-state index contributed by atoms with van der Waals surface area (Å²) >= 11 is 0. The average molecular weight is 197 g/mol. The van der Waals surface area contributed by atoms with Crippen molar-refractivity contribution in [2.24, 2.45) is 5.92 Å². The highest BCUT2D eigenvalue weighted by Crippen LogP contribution is 2.28. The fraction of sp³-hybridized carbons (Fsp3) is 0.800. The van der Waals surface area contributed by atoms with Gasteiger partial charge in [-0.2, -0.15) is 0 Å². The Morgan fingerprint density at radius 1 is 1.07 bits per heavy atom. The number of alkyl carbamates (subject to hydrolysis) is 1. The van der Waals surface area contributed by atoms with E-state index in [-0.39, 0.29) is 11.8 Å². The van der Waals surface area contributed by atoms with Crippen LogP contribution in [0.3, 0.4) is 0 Å². The maximum atomic E-state index is 11.3. The summed E-state index contributed by atoms with van der Waals surface area (Å²) in [5.74, 6) is -0.00847. The fourth-order valence-electron chi connectivity index (χ4n) is 2.29. The van der Waals surface area contributed by atoms with Crippen LogP contribution in [-0.4, -0.2) is 18.1 Å². The first-order chi connectivity index (χ1) is 6.77. The van der Waals surface area contributed by atoms with Gasteiger partial charge >= 0.3 is 6.09 Å². The SMILES string of the molecule is O=C1NC(=O)C(C2CCCCCC2)O1. The monoisotopic (exact) mass is 197 g/mol. The molecule has 0 aromatic heterocycles. The Morgan fingerprint density at radius 3 is 2.21 bits per heavy atom. The molecule has 1 N–H and O–H groups in total. The van der Waals surface area contributed by atoms with E-state index in [1.165, 1.54) is 12.8 Å². The molecule has 0 radical (unpaired) electrons. The summed E-state index contributed by atoms with van der Waals surface area (Å²) in [6, 6.07) is 0. The van der Waals surface area contributed by atoms with Crippen molar-refractivity contribution >= 4 is 12.0 Å². The van der Waals surface area contributed by atoms with Gasteiger partial charge in [0.25, 0.3) is 5.91 Å². The van der Waals surface area contributed by atoms with E-state index < -0.39 is 12.2 Å². The second-order valence-corrected chi connectivity index (χ2v) is 4.07. The predicted octanol–water partition coefficient (Wildman–Crippen LogP) is 1.59. The molecule has 1 atom stereocenters. The van der Waals surface area contributed by atoms with Crippen LogP contribution in [0.2, 0.25) is 0 Å². The Morgan fingerprint density at radius 2 is 1.71 bits per heavy atom. The molecule has 0 spiro atoms. The molecule has 1 aliphatic carbocycles. The van der Waals surface area contributed by atoms with E-state index in [0.717, 1.165) is 25.7 Å². The predicted molar refractivity (Wildman–Crippen MR) is 49.6 cm³/mol. The molecule has 1 saturated carbocycles. The van der Waals surface area contributed by atoms with Gasteiger partial charge in [-0.05, 0) is 12.8 Å². The standard InChI is InChI=1S/C10H15NO3/c12-9-8(14-10(13)11-9)7-5-3-1-2-4-6-7/h7-8H,1-6H2,(H,11,12,13). The van der Waals surface area contributed by atoms with Crippen molar-refractivity contribution in [1.82, 2.24) is 5.32 Å². The molecule has 4 nitrogen and oxygen atoms in total. The quantitative estimate of drug-likeness (QED) is 0.649. The van der Waals surface area contributed by atoms with Crippen molar-refractivity contribution in [2.45, 2.75) is 44.6 Å². The maximum absolute atomic E-state index is 11.3. The summed E-state index contributed by atoms with van der Waals surface area (Å²) < 4.78 is 4.97. The van der Waals surface area contributed by atoms with Gasteiger partial charge in [0.15, 0.2) is 6.10 Å². The molecule has 2 aliphatic rings. The van der Waals surface area contributed by atoms with E-state index >= 15 is 0 Å². The van der Waals surface area contributed by atoms with Crippen LogP contribution >= 0.6 is 0 Å². The van der Waals surface area contributed by atoms with Crippen LogP contribution in [0.25, 0.3) is 0 Å². The minimum Gasteiger partial charge on any atom is -0.435 e. The fourth-order valence-corrected chi connectivity index (χ4v) is 2.29. The molecule has 0 aromatic rings. The lowest BCUT2D eigenvalue weighted by Crippen LogP contribution is -2.30. The number of carbonyl (C=O) groups is 2. The van der Waals surface area contributed by atoms with Gasteiger partial charge in [-0.1, -0.05) is 25.7 Å². The number of rotatable bonds is 1. The molecule has 78 valence electrons. The zero-order valence-corrected chi connectivity index (χ0v) is 8.12. The van der Waals surface area contributed by atoms with Gasteiger partial charge in [0.1, 0.15) is 0 Å². The summed E-state index contributed by atoms with van der Waals surface area (Å²) in [6.45, 7) is 0. The van der Waals surface area contributed by atoms with Crippen LogP contribution in [0.5, 0.6) is 0 Å². The van der Waals surface area contributed by atoms with Crippen LogP contribution in [0.4, 0.5) is 4.79 Å². The molecular weight excluding hydrogens is 182 g/mol. The van der Waals surface area contributed by atoms with Crippen molar-refractivity contribution in [3.63, 3.8) is 0 Å². The second kappa shape index (κ2) is 3.98. The van der Waals surface area contributed by atoms with Crippen molar-refractivity contribution < 1.29 is 14.3 Å². The van der Waals surface area contributed by atoms with E-state index in [4.69, 9.17) is 4.74 Å². The lowest BCUT2D eigenvalue weighted by atomic mass is 9.94. The van der Waals surface area contributed by atoms with Crippen LogP contribution in [-0.2, 0) is 9.53 Å². The van der Waals surface area contributed by atoms with E-state index in [9.17, 15) is 9.59 Å². The van der Waals surface area contributed by atoms with Crippen molar-refractivity contribution in [3.05, 3.63) is 0 Å². The van der Waals surface area contributed by atoms with Crippen LogP contribution in [0.1, 0.15) is 38.5 Å². The summed E-state index contributed by atoms with van der Waals surface area (Å²) in [5.41, 5.74) is 0. The molecular formula is C10H15NO3. The Hall–Kier alpha value is -1.06. The van der Waals surface area contributed by atoms with Gasteiger partial charge in [0.05, 0.1) is 0 Å². The first kappa shape index (κ1) is 9.49. The molecule has 2 fully saturated rings. The van der Waals surface area contributed by atoms with Gasteiger partial charge in [-0.15, -0.1) is 0 Å². The lowest BCUT2D eigenvalue weighted by molar-refractivity contribution is -0.125. The molecule has 14 heavy (non-hydrogen) atoms. The summed E-state index contributed by atoms with van der Waals surface area (Å²) in [7, 11) is 0. The molecule has 2 amide bonds. The van der Waals surface area contributed by atoms with Crippen molar-refractivity contribution in [3.8, 4) is 0 Å². The highest BCUT2D eigenvalue weighted by molar-refractivity contribution is 6.00. The normalized spacial score (nSPS) is 29.6. The van der Waals surface area contributed by atoms with Gasteiger partial charge in [-0.25, -0.2) is 4.79 Å². The molecule has 1 heterocycles. The summed E-state index contributed by atoms with van der Waals surface area (Å²) in [4.78, 5) is 22.2. The first-order valence-corrected chi connectivity index (χ1v) is 5.29. The van der Waals surface area contributed by atoms with Crippen molar-refractivity contribution in [2.75, 3.05) is 0 Å². The van der Waals surface area contributed by atoms with Gasteiger partial charge in [0.2, 0.25) is 0 Å². The van der Waals surface area contributed by atoms with E-state index in [1.807, 2.05) is 0 Å². The minimum atomic E-state index is -0.579. The number of imide groups is 1. The van der Waals surface area contributed by atoms with Crippen LogP contribution in [0, 0.1) is 5.92 Å². The Balaban J connectivity index is 1.98. The van der Waals surface area contributed by atoms with E-state index in [0.29, 0.717) is 0 Å². The summed E-state index contributed by atoms with van der Waals surface area (Å²) in [5, 5.41) is 2.18. The van der Waals surface area contributed by atoms with E-state index in [2.05, 4.69) is 5.32 Å². The third-order valence-electron chi connectivity index (χ3n) is 3.05. The molecule has 1 aliphatic heterocycles. The number of cyclic esters (lactones) is 1. The van der Waals surface area contributed by atoms with E-state index in [1.54, 1.807) is 0 Å². The van der Waals surface area contributed by atoms with Crippen LogP contribution < -0.4 is 5.32 Å². The highest BCUT2D eigenvalue weighted by Gasteiger charge is 2.38. The largest absolute Gasteiger partial charge is 0.435 e. The smallest absolute Gasteiger partial charge is 0.414 e. The van der Waals surface area contributed by atoms with Gasteiger partial charge in [-0.3, -0.25) is 10.1 Å². The Kier molecular flexibility index (Phi) is 2.70. The third kappa shape index (κ3) is 1.89. The zero-order valence-electron chi connectivity index (χ0n) is 8.12. The average Bonchev–Trinajstić information content (AvgIpc) is 2.43. The topological polar surface area (TPSA) is 55.4 Å². The molecule has 1 unspecified atom stereocenters. The summed E-state index contributed by atoms with van der Waals surface area (Å²) in [6.07, 6.45) is 5.68. The number of amides is 2. The van der Waals surface area contributed by atoms with Crippen molar-refractivity contribution in [1.29, 1.82) is 0 Å². The number of hydrogen-bond acceptors (Lipinski definition) is 3. The number of carbonyl (C=O) groups excluding carboxylic acids is 2. The van der Waals surface area contributed by atoms with Gasteiger partial charge < -0.3 is 4.74 Å². The second-order valence-electron chi connectivity index (χ2n) is 4.07. The minimum absolute atomic E-state index is 0.240. The Labute approximate surface area is 83.0 Å². The molecule has 0 bridgehead atoms.